The van der Waals surface area contributed by atoms with E-state index in [9.17, 15) is 0 Å². The van der Waals surface area contributed by atoms with Crippen LogP contribution in [0.1, 0.15) is 25.7 Å². The summed E-state index contributed by atoms with van der Waals surface area (Å²) in [4.78, 5) is 0. The topological polar surface area (TPSA) is 9.23 Å². The van der Waals surface area contributed by atoms with Gasteiger partial charge in [-0.05, 0) is 36.5 Å². The van der Waals surface area contributed by atoms with Crippen LogP contribution in [0.15, 0.2) is 0 Å². The van der Waals surface area contributed by atoms with Crippen LogP contribution in [0.4, 0.5) is 0 Å². The van der Waals surface area contributed by atoms with Crippen LogP contribution >= 0.6 is 11.6 Å². The summed E-state index contributed by atoms with van der Waals surface area (Å²) in [5.74, 6) is 0.877. The second kappa shape index (κ2) is 2.37. The molecule has 0 amide bonds. The highest BCUT2D eigenvalue weighted by molar-refractivity contribution is 6.18. The summed E-state index contributed by atoms with van der Waals surface area (Å²) in [6.07, 6.45) is 5.36. The summed E-state index contributed by atoms with van der Waals surface area (Å²) in [6.45, 7) is 0.929. The molecule has 2 bridgehead atoms. The van der Waals surface area contributed by atoms with E-state index in [-0.39, 0.29) is 0 Å². The zero-order valence-electron chi connectivity index (χ0n) is 7.03. The molecule has 0 aliphatic heterocycles. The van der Waals surface area contributed by atoms with E-state index in [1.165, 1.54) is 25.7 Å². The molecule has 0 atom stereocenters. The second-order valence-corrected chi connectivity index (χ2v) is 4.67. The van der Waals surface area contributed by atoms with Crippen LogP contribution in [0.25, 0.3) is 0 Å². The third kappa shape index (κ3) is 1.01. The minimum absolute atomic E-state index is 0.579. The predicted octanol–water partition coefficient (Wildman–Crippen LogP) is 2.43. The summed E-state index contributed by atoms with van der Waals surface area (Å²) < 4.78 is 5.07. The Labute approximate surface area is 73.1 Å². The van der Waals surface area contributed by atoms with E-state index < -0.39 is 0 Å². The number of hydrogen-bond donors (Lipinski definition) is 0. The third-order valence-corrected chi connectivity index (χ3v) is 3.94. The van der Waals surface area contributed by atoms with E-state index >= 15 is 0 Å². The Hall–Kier alpha value is 0.250. The van der Waals surface area contributed by atoms with Gasteiger partial charge in [-0.3, -0.25) is 0 Å². The lowest BCUT2D eigenvalue weighted by Gasteiger charge is -2.71. The molecule has 0 unspecified atom stereocenters. The lowest BCUT2D eigenvalue weighted by molar-refractivity contribution is -0.197. The van der Waals surface area contributed by atoms with Crippen LogP contribution in [0.3, 0.4) is 0 Å². The van der Waals surface area contributed by atoms with Crippen LogP contribution in [-0.4, -0.2) is 19.6 Å². The van der Waals surface area contributed by atoms with Crippen molar-refractivity contribution in [2.45, 2.75) is 25.7 Å². The molecule has 3 aliphatic carbocycles. The van der Waals surface area contributed by atoms with E-state index in [0.717, 1.165) is 12.5 Å². The first-order valence-electron chi connectivity index (χ1n) is 4.29. The average molecular weight is 175 g/mol. The van der Waals surface area contributed by atoms with Gasteiger partial charge in [-0.2, -0.15) is 0 Å². The highest BCUT2D eigenvalue weighted by Gasteiger charge is 2.66. The number of ether oxygens (including phenoxy) is 1. The molecule has 0 radical (unpaired) electrons. The number of methoxy groups -OCH3 is 1. The normalized spacial score (nSPS) is 46.4. The largest absolute Gasteiger partial charge is 0.385 e. The Morgan fingerprint density at radius 1 is 1.27 bits per heavy atom. The predicted molar refractivity (Wildman–Crippen MR) is 45.9 cm³/mol. The van der Waals surface area contributed by atoms with Crippen LogP contribution < -0.4 is 0 Å². The van der Waals surface area contributed by atoms with E-state index in [1.807, 2.05) is 0 Å². The quantitative estimate of drug-likeness (QED) is 0.595. The zero-order chi connectivity index (χ0) is 7.95. The maximum Gasteiger partial charge on any atom is 0.0467 e. The molecule has 0 N–H and O–H groups in total. The van der Waals surface area contributed by atoms with Crippen molar-refractivity contribution >= 4 is 11.6 Å². The number of alkyl halides is 1. The third-order valence-electron chi connectivity index (χ3n) is 3.37. The number of halogens is 1. The van der Waals surface area contributed by atoms with Gasteiger partial charge in [0.05, 0.1) is 0 Å². The minimum Gasteiger partial charge on any atom is -0.385 e. The summed E-state index contributed by atoms with van der Waals surface area (Å²) in [6, 6.07) is 0. The van der Waals surface area contributed by atoms with Gasteiger partial charge in [-0.1, -0.05) is 0 Å². The molecule has 0 spiro atoms. The highest BCUT2D eigenvalue weighted by Crippen LogP contribution is 2.74. The van der Waals surface area contributed by atoms with E-state index in [1.54, 1.807) is 7.11 Å². The standard InChI is InChI=1S/C9H15ClO/c1-11-3-2-8-4-9(5-8,6-8)7-10/h2-7H2,1H3. The van der Waals surface area contributed by atoms with Crippen molar-refractivity contribution in [1.82, 2.24) is 0 Å². The summed E-state index contributed by atoms with van der Waals surface area (Å²) in [5, 5.41) is 0. The first-order valence-corrected chi connectivity index (χ1v) is 4.83. The van der Waals surface area contributed by atoms with Crippen molar-refractivity contribution in [2.24, 2.45) is 10.8 Å². The fourth-order valence-electron chi connectivity index (χ4n) is 2.96. The van der Waals surface area contributed by atoms with E-state index in [2.05, 4.69) is 0 Å². The Morgan fingerprint density at radius 3 is 2.36 bits per heavy atom. The molecule has 1 nitrogen and oxygen atoms in total. The summed E-state index contributed by atoms with van der Waals surface area (Å²) in [7, 11) is 1.78. The molecule has 3 fully saturated rings. The smallest absolute Gasteiger partial charge is 0.0467 e. The van der Waals surface area contributed by atoms with Gasteiger partial charge in [0.2, 0.25) is 0 Å². The molecule has 3 saturated carbocycles. The lowest BCUT2D eigenvalue weighted by atomic mass is 9.35. The molecule has 3 aliphatic rings. The Kier molecular flexibility index (Phi) is 1.69. The van der Waals surface area contributed by atoms with Gasteiger partial charge in [-0.15, -0.1) is 11.6 Å². The van der Waals surface area contributed by atoms with Gasteiger partial charge in [0, 0.05) is 19.6 Å². The van der Waals surface area contributed by atoms with Crippen molar-refractivity contribution in [1.29, 1.82) is 0 Å². The first kappa shape index (κ1) is 7.88. The number of rotatable bonds is 4. The van der Waals surface area contributed by atoms with Gasteiger partial charge >= 0.3 is 0 Å². The number of hydrogen-bond acceptors (Lipinski definition) is 1. The van der Waals surface area contributed by atoms with Crippen molar-refractivity contribution in [3.05, 3.63) is 0 Å². The molecule has 3 rings (SSSR count). The molecular formula is C9H15ClO. The van der Waals surface area contributed by atoms with Crippen LogP contribution in [-0.2, 0) is 4.74 Å². The molecule has 2 heteroatoms. The molecule has 0 saturated heterocycles. The van der Waals surface area contributed by atoms with Crippen LogP contribution in [0.5, 0.6) is 0 Å². The van der Waals surface area contributed by atoms with Gasteiger partial charge < -0.3 is 4.74 Å². The Bertz CT molecular complexity index is 141. The molecule has 64 valence electrons. The fourth-order valence-corrected chi connectivity index (χ4v) is 3.24. The Balaban J connectivity index is 1.76. The zero-order valence-corrected chi connectivity index (χ0v) is 7.78. The van der Waals surface area contributed by atoms with Gasteiger partial charge in [0.25, 0.3) is 0 Å². The molecule has 0 aromatic rings. The molecular weight excluding hydrogens is 160 g/mol. The molecule has 0 aromatic carbocycles. The Morgan fingerprint density at radius 2 is 1.91 bits per heavy atom. The van der Waals surface area contributed by atoms with Crippen molar-refractivity contribution < 1.29 is 4.74 Å². The van der Waals surface area contributed by atoms with Gasteiger partial charge in [0.15, 0.2) is 0 Å². The molecule has 0 aromatic heterocycles. The second-order valence-electron chi connectivity index (χ2n) is 4.41. The minimum atomic E-state index is 0.579. The van der Waals surface area contributed by atoms with Crippen molar-refractivity contribution in [3.8, 4) is 0 Å². The summed E-state index contributed by atoms with van der Waals surface area (Å²) in [5.41, 5.74) is 1.25. The van der Waals surface area contributed by atoms with Gasteiger partial charge in [0.1, 0.15) is 0 Å². The van der Waals surface area contributed by atoms with Gasteiger partial charge in [-0.25, -0.2) is 0 Å². The SMILES string of the molecule is COCCC12CC(CCl)(C1)C2. The van der Waals surface area contributed by atoms with Crippen LogP contribution in [0.2, 0.25) is 0 Å². The van der Waals surface area contributed by atoms with Crippen LogP contribution in [0, 0.1) is 10.8 Å². The maximum atomic E-state index is 5.85. The fraction of sp³-hybridized carbons (Fsp3) is 1.00. The van der Waals surface area contributed by atoms with E-state index in [0.29, 0.717) is 10.8 Å². The monoisotopic (exact) mass is 174 g/mol. The molecule has 0 heterocycles. The van der Waals surface area contributed by atoms with Crippen molar-refractivity contribution in [3.63, 3.8) is 0 Å². The van der Waals surface area contributed by atoms with Crippen molar-refractivity contribution in [2.75, 3.05) is 19.6 Å². The average Bonchev–Trinajstić information content (AvgIpc) is 1.83. The molecule has 11 heavy (non-hydrogen) atoms. The highest BCUT2D eigenvalue weighted by atomic mass is 35.5. The summed E-state index contributed by atoms with van der Waals surface area (Å²) >= 11 is 5.85. The maximum absolute atomic E-state index is 5.85. The lowest BCUT2D eigenvalue weighted by Crippen LogP contribution is -2.62. The van der Waals surface area contributed by atoms with E-state index in [4.69, 9.17) is 16.3 Å². The first-order chi connectivity index (χ1) is 5.24.